The summed E-state index contributed by atoms with van der Waals surface area (Å²) in [5.74, 6) is 0.511. The molecule has 0 aliphatic heterocycles. The summed E-state index contributed by atoms with van der Waals surface area (Å²) in [5, 5.41) is 6.02. The Bertz CT molecular complexity index is 950. The van der Waals surface area contributed by atoms with Crippen LogP contribution in [0.3, 0.4) is 0 Å². The average Bonchev–Trinajstić information content (AvgIpc) is 3.10. The van der Waals surface area contributed by atoms with Crippen molar-refractivity contribution in [1.29, 1.82) is 0 Å². The van der Waals surface area contributed by atoms with Gasteiger partial charge >= 0.3 is 5.97 Å². The molecule has 1 aromatic heterocycles. The first-order valence-corrected chi connectivity index (χ1v) is 8.96. The molecule has 0 radical (unpaired) electrons. The standard InChI is InChI=1S/C20H20N2O3S/c1-12-9-18(24-3)13(2)8-16(12)17-11-26-20(22-17)21-15-7-5-6-14(10-15)19(23)25-4/h5-11H,1-4H3,(H,21,22). The van der Waals surface area contributed by atoms with E-state index in [1.165, 1.54) is 18.4 Å². The lowest BCUT2D eigenvalue weighted by Gasteiger charge is -2.09. The van der Waals surface area contributed by atoms with Crippen LogP contribution < -0.4 is 10.1 Å². The largest absolute Gasteiger partial charge is 0.496 e. The van der Waals surface area contributed by atoms with Crippen LogP contribution in [0.4, 0.5) is 10.8 Å². The predicted octanol–water partition coefficient (Wildman–Crippen LogP) is 4.97. The van der Waals surface area contributed by atoms with Crippen molar-refractivity contribution in [2.24, 2.45) is 0 Å². The zero-order valence-corrected chi connectivity index (χ0v) is 15.9. The first kappa shape index (κ1) is 17.9. The zero-order chi connectivity index (χ0) is 18.7. The number of thiazole rings is 1. The maximum absolute atomic E-state index is 11.7. The fourth-order valence-electron chi connectivity index (χ4n) is 2.71. The van der Waals surface area contributed by atoms with Crippen molar-refractivity contribution in [3.05, 3.63) is 58.5 Å². The number of carbonyl (C=O) groups excluding carboxylic acids is 1. The van der Waals surface area contributed by atoms with E-state index in [9.17, 15) is 4.79 Å². The predicted molar refractivity (Wildman–Crippen MR) is 105 cm³/mol. The number of carbonyl (C=O) groups is 1. The Morgan fingerprint density at radius 1 is 1.12 bits per heavy atom. The fourth-order valence-corrected chi connectivity index (χ4v) is 3.44. The highest BCUT2D eigenvalue weighted by Crippen LogP contribution is 2.32. The molecule has 5 nitrogen and oxygen atoms in total. The molecule has 0 aliphatic rings. The molecule has 26 heavy (non-hydrogen) atoms. The number of hydrogen-bond acceptors (Lipinski definition) is 6. The van der Waals surface area contributed by atoms with Crippen molar-refractivity contribution < 1.29 is 14.3 Å². The molecule has 0 spiro atoms. The highest BCUT2D eigenvalue weighted by molar-refractivity contribution is 7.14. The Morgan fingerprint density at radius 3 is 2.65 bits per heavy atom. The number of nitrogens with zero attached hydrogens (tertiary/aromatic N) is 1. The van der Waals surface area contributed by atoms with Crippen LogP contribution in [0, 0.1) is 13.8 Å². The number of ether oxygens (including phenoxy) is 2. The maximum atomic E-state index is 11.7. The Labute approximate surface area is 156 Å². The van der Waals surface area contributed by atoms with Gasteiger partial charge in [-0.3, -0.25) is 0 Å². The van der Waals surface area contributed by atoms with E-state index in [0.29, 0.717) is 5.56 Å². The van der Waals surface area contributed by atoms with Crippen LogP contribution >= 0.6 is 11.3 Å². The summed E-state index contributed by atoms with van der Waals surface area (Å²) >= 11 is 1.51. The summed E-state index contributed by atoms with van der Waals surface area (Å²) in [6, 6.07) is 11.3. The number of rotatable bonds is 5. The lowest BCUT2D eigenvalue weighted by molar-refractivity contribution is 0.0601. The molecule has 0 amide bonds. The summed E-state index contributed by atoms with van der Waals surface area (Å²) in [6.45, 7) is 4.06. The van der Waals surface area contributed by atoms with Gasteiger partial charge in [-0.2, -0.15) is 0 Å². The first-order chi connectivity index (χ1) is 12.5. The smallest absolute Gasteiger partial charge is 0.337 e. The van der Waals surface area contributed by atoms with Gasteiger partial charge in [0.2, 0.25) is 0 Å². The molecule has 1 heterocycles. The summed E-state index contributed by atoms with van der Waals surface area (Å²) < 4.78 is 10.1. The van der Waals surface area contributed by atoms with Gasteiger partial charge in [0.1, 0.15) is 5.75 Å². The lowest BCUT2D eigenvalue weighted by Crippen LogP contribution is -2.01. The fraction of sp³-hybridized carbons (Fsp3) is 0.200. The monoisotopic (exact) mass is 368 g/mol. The second-order valence-electron chi connectivity index (χ2n) is 5.87. The van der Waals surface area contributed by atoms with E-state index in [4.69, 9.17) is 9.47 Å². The number of hydrogen-bond donors (Lipinski definition) is 1. The number of aryl methyl sites for hydroxylation is 2. The SMILES string of the molecule is COC(=O)c1cccc(Nc2nc(-c3cc(C)c(OC)cc3C)cs2)c1. The molecular weight excluding hydrogens is 348 g/mol. The third kappa shape index (κ3) is 3.70. The van der Waals surface area contributed by atoms with E-state index in [2.05, 4.69) is 16.4 Å². The highest BCUT2D eigenvalue weighted by atomic mass is 32.1. The number of aromatic nitrogens is 1. The van der Waals surface area contributed by atoms with Gasteiger partial charge in [0.25, 0.3) is 0 Å². The molecule has 0 bridgehead atoms. The molecule has 2 aromatic carbocycles. The normalized spacial score (nSPS) is 10.5. The number of anilines is 2. The van der Waals surface area contributed by atoms with Gasteiger partial charge in [0.15, 0.2) is 5.13 Å². The maximum Gasteiger partial charge on any atom is 0.337 e. The second-order valence-corrected chi connectivity index (χ2v) is 6.73. The van der Waals surface area contributed by atoms with Crippen LogP contribution in [0.5, 0.6) is 5.75 Å². The van der Waals surface area contributed by atoms with E-state index >= 15 is 0 Å². The molecule has 3 rings (SSSR count). The molecule has 0 unspecified atom stereocenters. The molecule has 0 atom stereocenters. The Morgan fingerprint density at radius 2 is 1.92 bits per heavy atom. The van der Waals surface area contributed by atoms with E-state index in [1.54, 1.807) is 25.3 Å². The third-order valence-corrected chi connectivity index (χ3v) is 4.81. The minimum absolute atomic E-state index is 0.363. The van der Waals surface area contributed by atoms with Crippen molar-refractivity contribution in [2.75, 3.05) is 19.5 Å². The quantitative estimate of drug-likeness (QED) is 0.645. The minimum atomic E-state index is -0.363. The Kier molecular flexibility index (Phi) is 5.23. The molecule has 1 N–H and O–H groups in total. The Hall–Kier alpha value is -2.86. The van der Waals surface area contributed by atoms with Crippen molar-refractivity contribution in [2.45, 2.75) is 13.8 Å². The van der Waals surface area contributed by atoms with Crippen LogP contribution in [-0.2, 0) is 4.74 Å². The molecular formula is C20H20N2O3S. The molecule has 0 saturated heterocycles. The Balaban J connectivity index is 1.85. The molecule has 3 aromatic rings. The van der Waals surface area contributed by atoms with Gasteiger partial charge < -0.3 is 14.8 Å². The number of nitrogens with one attached hydrogen (secondary N) is 1. The number of esters is 1. The second kappa shape index (κ2) is 7.58. The van der Waals surface area contributed by atoms with Crippen molar-refractivity contribution in [3.63, 3.8) is 0 Å². The van der Waals surface area contributed by atoms with Crippen LogP contribution in [0.2, 0.25) is 0 Å². The first-order valence-electron chi connectivity index (χ1n) is 8.08. The molecule has 0 aliphatic carbocycles. The van der Waals surface area contributed by atoms with E-state index in [-0.39, 0.29) is 5.97 Å². The number of benzene rings is 2. The van der Waals surface area contributed by atoms with Crippen LogP contribution in [0.1, 0.15) is 21.5 Å². The van der Waals surface area contributed by atoms with Crippen LogP contribution in [0.25, 0.3) is 11.3 Å². The minimum Gasteiger partial charge on any atom is -0.496 e. The van der Waals surface area contributed by atoms with Crippen LogP contribution in [-0.4, -0.2) is 25.2 Å². The highest BCUT2D eigenvalue weighted by Gasteiger charge is 2.11. The molecule has 6 heteroatoms. The molecule has 0 fully saturated rings. The summed E-state index contributed by atoms with van der Waals surface area (Å²) in [7, 11) is 3.05. The summed E-state index contributed by atoms with van der Waals surface area (Å²) in [5.41, 5.74) is 5.45. The third-order valence-electron chi connectivity index (χ3n) is 4.06. The van der Waals surface area contributed by atoms with Gasteiger partial charge in [-0.25, -0.2) is 9.78 Å². The van der Waals surface area contributed by atoms with Crippen molar-refractivity contribution in [1.82, 2.24) is 4.98 Å². The summed E-state index contributed by atoms with van der Waals surface area (Å²) in [6.07, 6.45) is 0. The molecule has 0 saturated carbocycles. The van der Waals surface area contributed by atoms with Crippen molar-refractivity contribution >= 4 is 28.1 Å². The van der Waals surface area contributed by atoms with Gasteiger partial charge in [-0.05, 0) is 55.3 Å². The topological polar surface area (TPSA) is 60.5 Å². The van der Waals surface area contributed by atoms with Gasteiger partial charge in [-0.1, -0.05) is 6.07 Å². The van der Waals surface area contributed by atoms with Crippen molar-refractivity contribution in [3.8, 4) is 17.0 Å². The average molecular weight is 368 g/mol. The van der Waals surface area contributed by atoms with Crippen LogP contribution in [0.15, 0.2) is 41.8 Å². The van der Waals surface area contributed by atoms with Gasteiger partial charge in [-0.15, -0.1) is 11.3 Å². The van der Waals surface area contributed by atoms with Gasteiger partial charge in [0.05, 0.1) is 25.5 Å². The van der Waals surface area contributed by atoms with E-state index in [0.717, 1.165) is 39.0 Å². The van der Waals surface area contributed by atoms with E-state index in [1.807, 2.05) is 31.4 Å². The van der Waals surface area contributed by atoms with E-state index < -0.39 is 0 Å². The zero-order valence-electron chi connectivity index (χ0n) is 15.1. The summed E-state index contributed by atoms with van der Waals surface area (Å²) in [4.78, 5) is 16.3. The lowest BCUT2D eigenvalue weighted by atomic mass is 10.0. The molecule has 134 valence electrons. The number of methoxy groups -OCH3 is 2. The van der Waals surface area contributed by atoms with Gasteiger partial charge in [0, 0.05) is 16.6 Å².